The van der Waals surface area contributed by atoms with E-state index in [9.17, 15) is 29.7 Å². The molecule has 0 fully saturated rings. The molecule has 37 heavy (non-hydrogen) atoms. The maximum atomic E-state index is 12.3. The molecule has 0 aliphatic heterocycles. The molecule has 3 N–H and O–H groups in total. The molecule has 13 heteroatoms. The SMILES string of the molecule is CCCCCCSC(O)C(=O)OP(OC(=O)C(O)SCCCCCC)OC(=O)C(O)SCCCCCC. The van der Waals surface area contributed by atoms with Crippen LogP contribution in [0.2, 0.25) is 0 Å². The monoisotopic (exact) mass is 604 g/mol. The molecule has 0 rings (SSSR count). The van der Waals surface area contributed by atoms with Gasteiger partial charge in [-0.15, -0.1) is 35.3 Å². The van der Waals surface area contributed by atoms with Crippen LogP contribution in [-0.2, 0) is 28.0 Å². The molecule has 0 aliphatic carbocycles. The van der Waals surface area contributed by atoms with Crippen molar-refractivity contribution in [2.75, 3.05) is 17.3 Å². The average Bonchev–Trinajstić information content (AvgIpc) is 2.87. The maximum Gasteiger partial charge on any atom is 0.537 e. The van der Waals surface area contributed by atoms with Gasteiger partial charge in [-0.05, 0) is 36.5 Å². The molecular formula is C24H45O9PS3. The van der Waals surface area contributed by atoms with Crippen LogP contribution in [0.15, 0.2) is 0 Å². The normalized spacial score (nSPS) is 14.4. The number of carbonyl (C=O) groups is 3. The van der Waals surface area contributed by atoms with Gasteiger partial charge in [-0.1, -0.05) is 78.6 Å². The summed E-state index contributed by atoms with van der Waals surface area (Å²) in [5.41, 5.74) is -4.67. The van der Waals surface area contributed by atoms with Gasteiger partial charge in [-0.25, -0.2) is 14.4 Å². The highest BCUT2D eigenvalue weighted by Gasteiger charge is 2.35. The molecule has 0 amide bonds. The Kier molecular flexibility index (Phi) is 24.6. The lowest BCUT2D eigenvalue weighted by Gasteiger charge is -2.19. The average molecular weight is 605 g/mol. The van der Waals surface area contributed by atoms with Crippen LogP contribution >= 0.6 is 43.9 Å². The second-order valence-corrected chi connectivity index (χ2v) is 12.9. The van der Waals surface area contributed by atoms with E-state index in [1.54, 1.807) is 0 Å². The smallest absolute Gasteiger partial charge is 0.372 e. The summed E-state index contributed by atoms with van der Waals surface area (Å²) in [6, 6.07) is 0. The summed E-state index contributed by atoms with van der Waals surface area (Å²) in [7, 11) is -2.92. The van der Waals surface area contributed by atoms with E-state index >= 15 is 0 Å². The highest BCUT2D eigenvalue weighted by molar-refractivity contribution is 8.00. The predicted molar refractivity (Wildman–Crippen MR) is 153 cm³/mol. The van der Waals surface area contributed by atoms with E-state index in [1.807, 2.05) is 0 Å². The van der Waals surface area contributed by atoms with E-state index < -0.39 is 42.8 Å². The fraction of sp³-hybridized carbons (Fsp3) is 0.875. The lowest BCUT2D eigenvalue weighted by Crippen LogP contribution is -2.25. The van der Waals surface area contributed by atoms with E-state index in [1.165, 1.54) is 0 Å². The quantitative estimate of drug-likeness (QED) is 0.0703. The third-order valence-corrected chi connectivity index (χ3v) is 9.00. The van der Waals surface area contributed by atoms with E-state index in [4.69, 9.17) is 13.6 Å². The summed E-state index contributed by atoms with van der Waals surface area (Å²) < 4.78 is 14.9. The molecule has 0 aromatic heterocycles. The summed E-state index contributed by atoms with van der Waals surface area (Å²) in [6.07, 6.45) is 11.7. The number of aliphatic hydroxyl groups is 3. The topological polar surface area (TPSA) is 140 Å². The molecule has 3 atom stereocenters. The van der Waals surface area contributed by atoms with Crippen LogP contribution in [0.4, 0.5) is 0 Å². The molecule has 3 unspecified atom stereocenters. The second kappa shape index (κ2) is 24.8. The second-order valence-electron chi connectivity index (χ2n) is 8.31. The summed E-state index contributed by atoms with van der Waals surface area (Å²) in [4.78, 5) is 37.0. The molecular weight excluding hydrogens is 559 g/mol. The van der Waals surface area contributed by atoms with Crippen LogP contribution in [0.25, 0.3) is 0 Å². The lowest BCUT2D eigenvalue weighted by atomic mass is 10.2. The fourth-order valence-electron chi connectivity index (χ4n) is 2.79. The van der Waals surface area contributed by atoms with Crippen molar-refractivity contribution >= 4 is 61.8 Å². The molecule has 0 aromatic rings. The largest absolute Gasteiger partial charge is 0.537 e. The number of hydrogen-bond donors (Lipinski definition) is 3. The predicted octanol–water partition coefficient (Wildman–Crippen LogP) is 5.74. The van der Waals surface area contributed by atoms with E-state index in [2.05, 4.69) is 20.8 Å². The number of hydrogen-bond acceptors (Lipinski definition) is 12. The summed E-state index contributed by atoms with van der Waals surface area (Å²) in [5.74, 6) is -1.82. The number of thioether (sulfide) groups is 3. The van der Waals surface area contributed by atoms with E-state index in [-0.39, 0.29) is 0 Å². The number of carbonyl (C=O) groups excluding carboxylic acids is 3. The van der Waals surface area contributed by atoms with E-state index in [0.29, 0.717) is 17.3 Å². The first kappa shape index (κ1) is 36.8. The van der Waals surface area contributed by atoms with Gasteiger partial charge in [0.2, 0.25) is 0 Å². The van der Waals surface area contributed by atoms with Crippen molar-refractivity contribution in [3.8, 4) is 0 Å². The number of unbranched alkanes of at least 4 members (excludes halogenated alkanes) is 9. The summed E-state index contributed by atoms with van der Waals surface area (Å²) in [6.45, 7) is 6.23. The van der Waals surface area contributed by atoms with Gasteiger partial charge in [-0.3, -0.25) is 0 Å². The van der Waals surface area contributed by atoms with Gasteiger partial charge in [0, 0.05) is 0 Å². The molecule has 0 aliphatic rings. The molecule has 0 heterocycles. The van der Waals surface area contributed by atoms with Crippen molar-refractivity contribution in [1.82, 2.24) is 0 Å². The molecule has 0 saturated heterocycles. The summed E-state index contributed by atoms with van der Waals surface area (Å²) >= 11 is 2.90. The fourth-order valence-corrected chi connectivity index (χ4v) is 6.19. The van der Waals surface area contributed by atoms with Crippen LogP contribution in [0, 0.1) is 0 Å². The molecule has 0 saturated carbocycles. The van der Waals surface area contributed by atoms with Gasteiger partial charge in [0.15, 0.2) is 16.3 Å². The first-order chi connectivity index (χ1) is 17.8. The van der Waals surface area contributed by atoms with Crippen LogP contribution in [0.5, 0.6) is 0 Å². The number of aliphatic hydroxyl groups excluding tert-OH is 3. The van der Waals surface area contributed by atoms with Crippen LogP contribution < -0.4 is 0 Å². The Bertz CT molecular complexity index is 535. The minimum Gasteiger partial charge on any atom is -0.372 e. The third kappa shape index (κ3) is 20.4. The molecule has 9 nitrogen and oxygen atoms in total. The van der Waals surface area contributed by atoms with Gasteiger partial charge in [0.1, 0.15) is 0 Å². The molecule has 218 valence electrons. The lowest BCUT2D eigenvalue weighted by molar-refractivity contribution is -0.148. The highest BCUT2D eigenvalue weighted by atomic mass is 32.2. The Morgan fingerprint density at radius 1 is 0.541 bits per heavy atom. The van der Waals surface area contributed by atoms with Gasteiger partial charge >= 0.3 is 26.5 Å². The first-order valence-electron chi connectivity index (χ1n) is 13.1. The van der Waals surface area contributed by atoms with Gasteiger partial charge < -0.3 is 28.9 Å². The van der Waals surface area contributed by atoms with Crippen molar-refractivity contribution in [2.24, 2.45) is 0 Å². The Morgan fingerprint density at radius 3 is 1.05 bits per heavy atom. The zero-order valence-electron chi connectivity index (χ0n) is 22.3. The standard InChI is InChI=1S/C24H45O9PS3/c1-4-7-10-13-16-35-22(28)19(25)31-34(32-20(26)23(29)36-17-14-11-8-5-2)33-21(27)24(30)37-18-15-12-9-6-3/h22-24,28-30H,4-18H2,1-3H3. The molecule has 0 aromatic carbocycles. The van der Waals surface area contributed by atoms with Crippen molar-refractivity contribution in [3.63, 3.8) is 0 Å². The van der Waals surface area contributed by atoms with Crippen LogP contribution in [-0.4, -0.2) is 66.8 Å². The maximum absolute atomic E-state index is 12.3. The van der Waals surface area contributed by atoms with Crippen LogP contribution in [0.3, 0.4) is 0 Å². The van der Waals surface area contributed by atoms with Gasteiger partial charge in [0.25, 0.3) is 0 Å². The zero-order chi connectivity index (χ0) is 27.9. The Hall–Kier alpha value is -0.230. The molecule has 0 spiro atoms. The Morgan fingerprint density at radius 2 is 0.811 bits per heavy atom. The van der Waals surface area contributed by atoms with E-state index in [0.717, 1.165) is 112 Å². The van der Waals surface area contributed by atoms with Crippen molar-refractivity contribution in [2.45, 2.75) is 114 Å². The first-order valence-corrected chi connectivity index (χ1v) is 17.3. The number of rotatable bonds is 24. The highest BCUT2D eigenvalue weighted by Crippen LogP contribution is 2.42. The minimum absolute atomic E-state index is 0.522. The van der Waals surface area contributed by atoms with Crippen molar-refractivity contribution < 1.29 is 43.3 Å². The Balaban J connectivity index is 4.91. The Labute approximate surface area is 235 Å². The zero-order valence-corrected chi connectivity index (χ0v) is 25.6. The van der Waals surface area contributed by atoms with Crippen LogP contribution in [0.1, 0.15) is 97.8 Å². The third-order valence-electron chi connectivity index (χ3n) is 4.92. The summed E-state index contributed by atoms with van der Waals surface area (Å²) in [5, 5.41) is 30.3. The molecule has 0 bridgehead atoms. The van der Waals surface area contributed by atoms with Gasteiger partial charge in [-0.2, -0.15) is 0 Å². The van der Waals surface area contributed by atoms with Crippen molar-refractivity contribution in [1.29, 1.82) is 0 Å². The minimum atomic E-state index is -2.92. The van der Waals surface area contributed by atoms with Crippen molar-refractivity contribution in [3.05, 3.63) is 0 Å². The van der Waals surface area contributed by atoms with Gasteiger partial charge in [0.05, 0.1) is 0 Å². The molecule has 0 radical (unpaired) electrons.